The van der Waals surface area contributed by atoms with Crippen LogP contribution in [-0.4, -0.2) is 20.4 Å². The van der Waals surface area contributed by atoms with Gasteiger partial charge in [-0.1, -0.05) is 6.42 Å². The fraction of sp³-hybridized carbons (Fsp3) is 0.172. The molecule has 4 aromatic rings. The zero-order valence-electron chi connectivity index (χ0n) is 20.7. The van der Waals surface area contributed by atoms with Crippen molar-refractivity contribution in [3.8, 4) is 23.0 Å². The molecule has 0 aliphatic carbocycles. The third kappa shape index (κ3) is 7.78. The molecule has 0 radical (unpaired) electrons. The van der Waals surface area contributed by atoms with Crippen LogP contribution in [0.4, 0.5) is 0 Å². The second-order valence-electron chi connectivity index (χ2n) is 9.37. The van der Waals surface area contributed by atoms with Gasteiger partial charge in [0.1, 0.15) is 23.0 Å². The van der Waals surface area contributed by atoms with Crippen LogP contribution >= 0.6 is 127 Å². The summed E-state index contributed by atoms with van der Waals surface area (Å²) >= 11 is 27.8. The molecular formula is C29H20Br8O4. The minimum atomic E-state index is -0.0615. The van der Waals surface area contributed by atoms with E-state index in [1.54, 1.807) is 0 Å². The average Bonchev–Trinajstić information content (AvgIpc) is 2.91. The Morgan fingerprint density at radius 3 is 0.707 bits per heavy atom. The predicted molar refractivity (Wildman–Crippen MR) is 192 cm³/mol. The highest BCUT2D eigenvalue weighted by molar-refractivity contribution is 9.12. The third-order valence-corrected chi connectivity index (χ3v) is 11.6. The van der Waals surface area contributed by atoms with Gasteiger partial charge in [-0.2, -0.15) is 0 Å². The number of hydrogen-bond donors (Lipinski definition) is 4. The first-order valence-electron chi connectivity index (χ1n) is 12.0. The lowest BCUT2D eigenvalue weighted by Gasteiger charge is -2.24. The van der Waals surface area contributed by atoms with Crippen LogP contribution in [0.15, 0.2) is 84.3 Å². The zero-order valence-corrected chi connectivity index (χ0v) is 33.4. The van der Waals surface area contributed by atoms with E-state index in [-0.39, 0.29) is 34.8 Å². The van der Waals surface area contributed by atoms with Gasteiger partial charge in [-0.25, -0.2) is 0 Å². The first-order chi connectivity index (χ1) is 19.3. The minimum Gasteiger partial charge on any atom is -0.506 e. The number of phenolic OH excluding ortho intramolecular Hbond substituents is 4. The maximum absolute atomic E-state index is 10.3. The van der Waals surface area contributed by atoms with Crippen molar-refractivity contribution in [2.45, 2.75) is 31.1 Å². The summed E-state index contributed by atoms with van der Waals surface area (Å²) in [5.41, 5.74) is 3.97. The van der Waals surface area contributed by atoms with Gasteiger partial charge in [0, 0.05) is 11.8 Å². The molecule has 0 aliphatic heterocycles. The summed E-state index contributed by atoms with van der Waals surface area (Å²) in [6.07, 6.45) is 2.31. The monoisotopic (exact) mass is 1060 g/mol. The molecule has 0 unspecified atom stereocenters. The van der Waals surface area contributed by atoms with Crippen molar-refractivity contribution < 1.29 is 20.4 Å². The second kappa shape index (κ2) is 14.3. The Morgan fingerprint density at radius 2 is 0.537 bits per heavy atom. The molecule has 12 heteroatoms. The lowest BCUT2D eigenvalue weighted by molar-refractivity contribution is 0.467. The quantitative estimate of drug-likeness (QED) is 0.142. The Balaban J connectivity index is 1.74. The topological polar surface area (TPSA) is 80.9 Å². The first-order valence-corrected chi connectivity index (χ1v) is 18.3. The van der Waals surface area contributed by atoms with Crippen LogP contribution in [0.1, 0.15) is 53.4 Å². The van der Waals surface area contributed by atoms with E-state index in [2.05, 4.69) is 127 Å². The molecule has 0 heterocycles. The minimum absolute atomic E-state index is 0.0615. The van der Waals surface area contributed by atoms with Gasteiger partial charge in [0.2, 0.25) is 0 Å². The summed E-state index contributed by atoms with van der Waals surface area (Å²) in [5.74, 6) is 0.405. The Bertz CT molecular complexity index is 1300. The SMILES string of the molecule is Oc1c(Br)cc(C(CCCC(c2cc(Br)c(O)c(Br)c2)c2cc(Br)c(O)c(Br)c2)c2cc(Br)c(O)c(Br)c2)cc1Br. The molecule has 0 atom stereocenters. The van der Waals surface area contributed by atoms with Crippen molar-refractivity contribution in [2.75, 3.05) is 0 Å². The van der Waals surface area contributed by atoms with E-state index in [9.17, 15) is 20.4 Å². The van der Waals surface area contributed by atoms with Gasteiger partial charge in [0.25, 0.3) is 0 Å². The number of hydrogen-bond acceptors (Lipinski definition) is 4. The summed E-state index contributed by atoms with van der Waals surface area (Å²) < 4.78 is 4.66. The van der Waals surface area contributed by atoms with Crippen LogP contribution in [-0.2, 0) is 0 Å². The molecule has 41 heavy (non-hydrogen) atoms. The molecule has 0 saturated heterocycles. The molecule has 0 saturated carbocycles. The molecule has 4 aromatic carbocycles. The van der Waals surface area contributed by atoms with Crippen molar-refractivity contribution in [1.82, 2.24) is 0 Å². The molecule has 4 rings (SSSR count). The summed E-state index contributed by atoms with van der Waals surface area (Å²) in [4.78, 5) is 0. The highest BCUT2D eigenvalue weighted by atomic mass is 79.9. The Hall–Kier alpha value is -0.0800. The van der Waals surface area contributed by atoms with Gasteiger partial charge in [-0.3, -0.25) is 0 Å². The molecular weight excluding hydrogens is 1050 g/mol. The average molecular weight is 1070 g/mol. The molecule has 216 valence electrons. The normalized spacial score (nSPS) is 11.6. The predicted octanol–water partition coefficient (Wildman–Crippen LogP) is 12.7. The molecule has 0 bridgehead atoms. The van der Waals surface area contributed by atoms with Crippen LogP contribution in [0.2, 0.25) is 0 Å². The molecule has 0 fully saturated rings. The van der Waals surface area contributed by atoms with Gasteiger partial charge in [-0.15, -0.1) is 0 Å². The summed E-state index contributed by atoms with van der Waals surface area (Å²) in [5, 5.41) is 41.4. The fourth-order valence-electron chi connectivity index (χ4n) is 4.72. The number of rotatable bonds is 8. The summed E-state index contributed by atoms with van der Waals surface area (Å²) in [6, 6.07) is 15.3. The van der Waals surface area contributed by atoms with E-state index >= 15 is 0 Å². The third-order valence-electron chi connectivity index (χ3n) is 6.75. The fourth-order valence-corrected chi connectivity index (χ4v) is 9.61. The van der Waals surface area contributed by atoms with Crippen molar-refractivity contribution in [1.29, 1.82) is 0 Å². The lowest BCUT2D eigenvalue weighted by Crippen LogP contribution is -2.06. The molecule has 0 amide bonds. The van der Waals surface area contributed by atoms with E-state index in [0.29, 0.717) is 35.8 Å². The van der Waals surface area contributed by atoms with Gasteiger partial charge in [-0.05, 0) is 211 Å². The molecule has 0 aliphatic rings. The molecule has 0 aromatic heterocycles. The van der Waals surface area contributed by atoms with Crippen LogP contribution < -0.4 is 0 Å². The molecule has 4 N–H and O–H groups in total. The highest BCUT2D eigenvalue weighted by Crippen LogP contribution is 2.45. The first kappa shape index (κ1) is 33.8. The maximum Gasteiger partial charge on any atom is 0.143 e. The largest absolute Gasteiger partial charge is 0.506 e. The van der Waals surface area contributed by atoms with Crippen LogP contribution in [0.25, 0.3) is 0 Å². The van der Waals surface area contributed by atoms with E-state index in [0.717, 1.165) is 41.5 Å². The van der Waals surface area contributed by atoms with Crippen molar-refractivity contribution in [2.24, 2.45) is 0 Å². The van der Waals surface area contributed by atoms with E-state index in [4.69, 9.17) is 0 Å². The maximum atomic E-state index is 10.3. The van der Waals surface area contributed by atoms with Gasteiger partial charge < -0.3 is 20.4 Å². The number of halogens is 8. The Kier molecular flexibility index (Phi) is 11.8. The molecule has 4 nitrogen and oxygen atoms in total. The van der Waals surface area contributed by atoms with E-state index < -0.39 is 0 Å². The lowest BCUT2D eigenvalue weighted by atomic mass is 9.82. The van der Waals surface area contributed by atoms with Gasteiger partial charge in [0.15, 0.2) is 0 Å². The number of benzene rings is 4. The van der Waals surface area contributed by atoms with Crippen LogP contribution in [0.5, 0.6) is 23.0 Å². The Morgan fingerprint density at radius 1 is 0.366 bits per heavy atom. The highest BCUT2D eigenvalue weighted by Gasteiger charge is 2.23. The van der Waals surface area contributed by atoms with Crippen molar-refractivity contribution >= 4 is 127 Å². The zero-order chi connectivity index (χ0) is 30.2. The van der Waals surface area contributed by atoms with Gasteiger partial charge >= 0.3 is 0 Å². The van der Waals surface area contributed by atoms with Crippen molar-refractivity contribution in [3.05, 3.63) is 107 Å². The Labute approximate surface area is 305 Å². The van der Waals surface area contributed by atoms with E-state index in [1.807, 2.05) is 48.5 Å². The standard InChI is InChI=1S/C29H20Br8O4/c30-18-4-12(5-19(31)26(18)38)16(13-6-20(32)27(39)21(33)7-13)2-1-3-17(14-8-22(34)28(40)23(35)9-14)15-10-24(36)29(41)25(37)11-15/h4-11,16-17,38-41H,1-3H2. The van der Waals surface area contributed by atoms with E-state index in [1.165, 1.54) is 0 Å². The van der Waals surface area contributed by atoms with Crippen LogP contribution in [0, 0.1) is 0 Å². The van der Waals surface area contributed by atoms with Gasteiger partial charge in [0.05, 0.1) is 35.8 Å². The second-order valence-corrected chi connectivity index (χ2v) is 16.2. The summed E-state index contributed by atoms with van der Waals surface area (Å²) in [7, 11) is 0. The smallest absolute Gasteiger partial charge is 0.143 e. The summed E-state index contributed by atoms with van der Waals surface area (Å²) in [6.45, 7) is 0. The number of aromatic hydroxyl groups is 4. The molecule has 0 spiro atoms. The van der Waals surface area contributed by atoms with Crippen LogP contribution in [0.3, 0.4) is 0 Å². The van der Waals surface area contributed by atoms with Crippen molar-refractivity contribution in [3.63, 3.8) is 0 Å². The number of phenols is 4.